The van der Waals surface area contributed by atoms with Gasteiger partial charge in [-0.15, -0.1) is 5.10 Å². The maximum atomic E-state index is 15.1. The highest BCUT2D eigenvalue weighted by molar-refractivity contribution is 5.77. The molecule has 0 aliphatic heterocycles. The van der Waals surface area contributed by atoms with Crippen LogP contribution in [0.25, 0.3) is 11.0 Å². The zero-order chi connectivity index (χ0) is 21.4. The van der Waals surface area contributed by atoms with Crippen molar-refractivity contribution in [1.82, 2.24) is 30.2 Å². The summed E-state index contributed by atoms with van der Waals surface area (Å²) >= 11 is 0. The van der Waals surface area contributed by atoms with Crippen molar-refractivity contribution in [2.45, 2.75) is 50.8 Å². The molecule has 0 amide bonds. The Morgan fingerprint density at radius 3 is 2.77 bits per heavy atom. The number of nitrogens with zero attached hydrogens (tertiary/aromatic N) is 5. The van der Waals surface area contributed by atoms with E-state index in [-0.39, 0.29) is 11.9 Å². The smallest absolute Gasteiger partial charge is 0.186 e. The number of nitrogens with one attached hydrogen (secondary N) is 1. The van der Waals surface area contributed by atoms with E-state index in [1.54, 1.807) is 0 Å². The lowest BCUT2D eigenvalue weighted by Gasteiger charge is -2.32. The molecule has 0 bridgehead atoms. The number of hydrogen-bond donors (Lipinski definition) is 1. The third-order valence-corrected chi connectivity index (χ3v) is 6.19. The lowest BCUT2D eigenvalue weighted by molar-refractivity contribution is 0.0365. The Balaban J connectivity index is 1.29. The molecule has 2 aromatic heterocycles. The Labute approximate surface area is 179 Å². The van der Waals surface area contributed by atoms with Gasteiger partial charge in [-0.2, -0.15) is 0 Å². The SMILES string of the molecule is Cc1cccc(Cc2nc3cc(OC4CCC(F)(c5nnn[nH]5)CC4)ccc3n2C)c1. The summed E-state index contributed by atoms with van der Waals surface area (Å²) in [7, 11) is 2.04. The molecule has 0 unspecified atom stereocenters. The van der Waals surface area contributed by atoms with E-state index in [0.29, 0.717) is 25.7 Å². The number of alkyl halides is 1. The van der Waals surface area contributed by atoms with Gasteiger partial charge in [-0.25, -0.2) is 14.5 Å². The predicted molar refractivity (Wildman–Crippen MR) is 115 cm³/mol. The zero-order valence-electron chi connectivity index (χ0n) is 17.7. The number of halogens is 1. The molecule has 0 saturated heterocycles. The van der Waals surface area contributed by atoms with Gasteiger partial charge >= 0.3 is 0 Å². The van der Waals surface area contributed by atoms with Crippen molar-refractivity contribution in [3.05, 3.63) is 65.2 Å². The minimum absolute atomic E-state index is 0.0346. The summed E-state index contributed by atoms with van der Waals surface area (Å²) < 4.78 is 23.4. The molecule has 0 atom stereocenters. The molecule has 0 radical (unpaired) electrons. The zero-order valence-corrected chi connectivity index (χ0v) is 17.7. The summed E-state index contributed by atoms with van der Waals surface area (Å²) in [4.78, 5) is 4.84. The summed E-state index contributed by atoms with van der Waals surface area (Å²) in [6.45, 7) is 2.10. The number of imidazole rings is 1. The first-order valence-electron chi connectivity index (χ1n) is 10.6. The second-order valence-corrected chi connectivity index (χ2v) is 8.44. The van der Waals surface area contributed by atoms with Gasteiger partial charge in [0.1, 0.15) is 11.6 Å². The van der Waals surface area contributed by atoms with Crippen molar-refractivity contribution in [2.24, 2.45) is 7.05 Å². The lowest BCUT2D eigenvalue weighted by atomic mass is 9.84. The van der Waals surface area contributed by atoms with Gasteiger partial charge in [0.2, 0.25) is 0 Å². The van der Waals surface area contributed by atoms with Crippen molar-refractivity contribution in [3.63, 3.8) is 0 Å². The van der Waals surface area contributed by atoms with Crippen LogP contribution in [-0.4, -0.2) is 36.3 Å². The van der Waals surface area contributed by atoms with E-state index in [1.807, 2.05) is 25.2 Å². The number of aryl methyl sites for hydroxylation is 2. The number of rotatable bonds is 5. The molecule has 5 rings (SSSR count). The molecule has 1 aliphatic rings. The van der Waals surface area contributed by atoms with Crippen LogP contribution in [0, 0.1) is 6.92 Å². The standard InChI is InChI=1S/C23H25FN6O/c1-15-4-3-5-16(12-15)13-21-25-19-14-18(6-7-20(19)30(21)2)31-17-8-10-23(24,11-9-17)22-26-28-29-27-22/h3-7,12,14,17H,8-11,13H2,1-2H3,(H,26,27,28,29). The van der Waals surface area contributed by atoms with Crippen LogP contribution in [0.3, 0.4) is 0 Å². The largest absolute Gasteiger partial charge is 0.490 e. The summed E-state index contributed by atoms with van der Waals surface area (Å²) in [5, 5.41) is 13.3. The molecular weight excluding hydrogens is 395 g/mol. The number of hydrogen-bond acceptors (Lipinski definition) is 5. The van der Waals surface area contributed by atoms with E-state index < -0.39 is 5.67 Å². The first kappa shape index (κ1) is 19.7. The van der Waals surface area contributed by atoms with Crippen LogP contribution in [-0.2, 0) is 19.1 Å². The monoisotopic (exact) mass is 420 g/mol. The number of aromatic amines is 1. The molecular formula is C23H25FN6O. The highest BCUT2D eigenvalue weighted by Crippen LogP contribution is 2.40. The predicted octanol–water partition coefficient (Wildman–Crippen LogP) is 4.17. The Morgan fingerprint density at radius 1 is 1.19 bits per heavy atom. The van der Waals surface area contributed by atoms with E-state index in [4.69, 9.17) is 9.72 Å². The fourth-order valence-corrected chi connectivity index (χ4v) is 4.41. The molecule has 2 heterocycles. The quantitative estimate of drug-likeness (QED) is 0.524. The van der Waals surface area contributed by atoms with Crippen LogP contribution >= 0.6 is 0 Å². The molecule has 1 saturated carbocycles. The number of H-pyrrole nitrogens is 1. The minimum atomic E-state index is -1.50. The van der Waals surface area contributed by atoms with Gasteiger partial charge < -0.3 is 9.30 Å². The summed E-state index contributed by atoms with van der Waals surface area (Å²) in [6.07, 6.45) is 2.63. The summed E-state index contributed by atoms with van der Waals surface area (Å²) in [5.41, 5.74) is 2.97. The van der Waals surface area contributed by atoms with Crippen LogP contribution in [0.2, 0.25) is 0 Å². The number of aromatic nitrogens is 6. The molecule has 1 fully saturated rings. The third-order valence-electron chi connectivity index (χ3n) is 6.19. The fourth-order valence-electron chi connectivity index (χ4n) is 4.41. The molecule has 7 nitrogen and oxygen atoms in total. The van der Waals surface area contributed by atoms with Crippen molar-refractivity contribution in [2.75, 3.05) is 0 Å². The number of tetrazole rings is 1. The fraction of sp³-hybridized carbons (Fsp3) is 0.391. The van der Waals surface area contributed by atoms with Crippen LogP contribution in [0.4, 0.5) is 4.39 Å². The summed E-state index contributed by atoms with van der Waals surface area (Å²) in [5.74, 6) is 1.99. The van der Waals surface area contributed by atoms with Gasteiger partial charge in [0.05, 0.1) is 17.1 Å². The van der Waals surface area contributed by atoms with E-state index in [2.05, 4.69) is 56.4 Å². The molecule has 8 heteroatoms. The van der Waals surface area contributed by atoms with Crippen LogP contribution in [0.5, 0.6) is 5.75 Å². The molecule has 4 aromatic rings. The maximum Gasteiger partial charge on any atom is 0.186 e. The van der Waals surface area contributed by atoms with Crippen molar-refractivity contribution in [3.8, 4) is 5.75 Å². The molecule has 160 valence electrons. The van der Waals surface area contributed by atoms with E-state index >= 15 is 4.39 Å². The Morgan fingerprint density at radius 2 is 2.03 bits per heavy atom. The van der Waals surface area contributed by atoms with E-state index in [1.165, 1.54) is 11.1 Å². The van der Waals surface area contributed by atoms with Gasteiger partial charge in [0, 0.05) is 19.5 Å². The first-order chi connectivity index (χ1) is 15.0. The first-order valence-corrected chi connectivity index (χ1v) is 10.6. The van der Waals surface area contributed by atoms with Gasteiger partial charge in [-0.05, 0) is 60.7 Å². The molecule has 0 spiro atoms. The Hall–Kier alpha value is -3.29. The van der Waals surface area contributed by atoms with Gasteiger partial charge in [0.15, 0.2) is 11.5 Å². The highest BCUT2D eigenvalue weighted by Gasteiger charge is 2.40. The lowest BCUT2D eigenvalue weighted by Crippen LogP contribution is -2.33. The third kappa shape index (κ3) is 3.89. The van der Waals surface area contributed by atoms with Gasteiger partial charge in [-0.3, -0.25) is 0 Å². The molecule has 2 aromatic carbocycles. The van der Waals surface area contributed by atoms with E-state index in [0.717, 1.165) is 29.0 Å². The van der Waals surface area contributed by atoms with Crippen LogP contribution in [0.15, 0.2) is 42.5 Å². The molecule has 1 N–H and O–H groups in total. The normalized spacial score (nSPS) is 21.5. The second kappa shape index (κ2) is 7.76. The van der Waals surface area contributed by atoms with Crippen LogP contribution < -0.4 is 4.74 Å². The van der Waals surface area contributed by atoms with Crippen molar-refractivity contribution < 1.29 is 9.13 Å². The Kier molecular flexibility index (Phi) is 4.92. The van der Waals surface area contributed by atoms with Gasteiger partial charge in [-0.1, -0.05) is 29.8 Å². The van der Waals surface area contributed by atoms with Crippen LogP contribution in [0.1, 0.15) is 48.5 Å². The number of benzene rings is 2. The van der Waals surface area contributed by atoms with Gasteiger partial charge in [0.25, 0.3) is 0 Å². The highest BCUT2D eigenvalue weighted by atomic mass is 19.1. The number of ether oxygens (including phenoxy) is 1. The summed E-state index contributed by atoms with van der Waals surface area (Å²) in [6, 6.07) is 14.5. The Bertz CT molecular complexity index is 1190. The minimum Gasteiger partial charge on any atom is -0.490 e. The van der Waals surface area contributed by atoms with Crippen molar-refractivity contribution >= 4 is 11.0 Å². The second-order valence-electron chi connectivity index (χ2n) is 8.44. The molecule has 1 aliphatic carbocycles. The average Bonchev–Trinajstić information content (AvgIpc) is 3.40. The van der Waals surface area contributed by atoms with E-state index in [9.17, 15) is 0 Å². The van der Waals surface area contributed by atoms with Crippen molar-refractivity contribution in [1.29, 1.82) is 0 Å². The number of fused-ring (bicyclic) bond motifs is 1. The topological polar surface area (TPSA) is 81.5 Å². The molecule has 31 heavy (non-hydrogen) atoms. The average molecular weight is 420 g/mol. The maximum absolute atomic E-state index is 15.1.